The van der Waals surface area contributed by atoms with E-state index in [4.69, 9.17) is 4.74 Å². The van der Waals surface area contributed by atoms with Crippen molar-refractivity contribution in [3.05, 3.63) is 34.9 Å². The Morgan fingerprint density at radius 3 is 3.08 bits per heavy atom. The molecule has 3 fully saturated rings. The van der Waals surface area contributed by atoms with E-state index < -0.39 is 0 Å². The monoisotopic (exact) mass is 384 g/mol. The molecule has 2 spiro atoms. The summed E-state index contributed by atoms with van der Waals surface area (Å²) in [6.45, 7) is 3.03. The average Bonchev–Trinajstić information content (AvgIpc) is 3.22. The Labute approximate surface area is 148 Å². The quantitative estimate of drug-likeness (QED) is 0.820. The lowest BCUT2D eigenvalue weighted by molar-refractivity contribution is 0.0433. The highest BCUT2D eigenvalue weighted by Crippen LogP contribution is 2.67. The normalized spacial score (nSPS) is 36.0. The number of hydrogen-bond acceptors (Lipinski definition) is 5. The van der Waals surface area contributed by atoms with Gasteiger partial charge in [-0.1, -0.05) is 28.1 Å². The summed E-state index contributed by atoms with van der Waals surface area (Å²) in [4.78, 5) is 11.7. The summed E-state index contributed by atoms with van der Waals surface area (Å²) in [5, 5.41) is 5.52. The molecule has 1 saturated carbocycles. The zero-order valence-electron chi connectivity index (χ0n) is 13.1. The molecule has 0 radical (unpaired) electrons. The highest BCUT2D eigenvalue weighted by atomic mass is 79.9. The van der Waals surface area contributed by atoms with Crippen molar-refractivity contribution in [2.24, 2.45) is 10.9 Å². The van der Waals surface area contributed by atoms with Crippen molar-refractivity contribution in [1.29, 1.82) is 0 Å². The largest absolute Gasteiger partial charge is 0.455 e. The van der Waals surface area contributed by atoms with E-state index >= 15 is 0 Å². The number of anilines is 1. The Morgan fingerprint density at radius 2 is 2.33 bits per heavy atom. The molecule has 1 N–H and O–H groups in total. The van der Waals surface area contributed by atoms with Crippen molar-refractivity contribution in [3.63, 3.8) is 0 Å². The molecule has 2 unspecified atom stereocenters. The first kappa shape index (κ1) is 13.6. The van der Waals surface area contributed by atoms with Gasteiger partial charge in [-0.3, -0.25) is 10.2 Å². The number of pyridine rings is 1. The van der Waals surface area contributed by atoms with E-state index in [0.29, 0.717) is 17.5 Å². The molecule has 3 aliphatic heterocycles. The number of ether oxygens (including phenoxy) is 1. The third-order valence-electron chi connectivity index (χ3n) is 6.32. The minimum absolute atomic E-state index is 0.0870. The molecule has 3 atom stereocenters. The number of aromatic nitrogens is 1. The van der Waals surface area contributed by atoms with Crippen LogP contribution in [0, 0.1) is 5.92 Å². The van der Waals surface area contributed by atoms with Gasteiger partial charge in [-0.2, -0.15) is 0 Å². The van der Waals surface area contributed by atoms with Gasteiger partial charge in [0.25, 0.3) is 6.02 Å². The van der Waals surface area contributed by atoms with Gasteiger partial charge in [0.2, 0.25) is 0 Å². The zero-order chi connectivity index (χ0) is 15.9. The number of nitrogens with zero attached hydrogens (tertiary/aromatic N) is 3. The predicted molar refractivity (Wildman–Crippen MR) is 96.2 cm³/mol. The molecular formula is C18H17BrN4O. The molecule has 24 heavy (non-hydrogen) atoms. The Kier molecular flexibility index (Phi) is 2.44. The topological polar surface area (TPSA) is 49.8 Å². The first-order chi connectivity index (χ1) is 11.7. The van der Waals surface area contributed by atoms with E-state index in [1.54, 1.807) is 0 Å². The van der Waals surface area contributed by atoms with Crippen molar-refractivity contribution < 1.29 is 4.74 Å². The molecule has 1 aliphatic carbocycles. The highest BCUT2D eigenvalue weighted by Gasteiger charge is 2.77. The van der Waals surface area contributed by atoms with E-state index in [1.807, 2.05) is 24.4 Å². The van der Waals surface area contributed by atoms with E-state index in [0.717, 1.165) is 34.2 Å². The van der Waals surface area contributed by atoms with Crippen LogP contribution in [0.15, 0.2) is 39.9 Å². The lowest BCUT2D eigenvalue weighted by atomic mass is 9.98. The summed E-state index contributed by atoms with van der Waals surface area (Å²) < 4.78 is 7.40. The van der Waals surface area contributed by atoms with Gasteiger partial charge in [-0.05, 0) is 25.0 Å². The third-order valence-corrected chi connectivity index (χ3v) is 7.01. The molecule has 4 heterocycles. The Balaban J connectivity index is 1.25. The van der Waals surface area contributed by atoms with Gasteiger partial charge in [0.05, 0.1) is 6.54 Å². The first-order valence-electron chi connectivity index (χ1n) is 8.48. The summed E-state index contributed by atoms with van der Waals surface area (Å²) >= 11 is 3.60. The molecule has 2 aromatic rings. The predicted octanol–water partition coefficient (Wildman–Crippen LogP) is 3.01. The molecule has 6 heteroatoms. The van der Waals surface area contributed by atoms with Gasteiger partial charge >= 0.3 is 0 Å². The fourth-order valence-electron chi connectivity index (χ4n) is 4.92. The molecule has 4 aliphatic rings. The van der Waals surface area contributed by atoms with Gasteiger partial charge in [-0.15, -0.1) is 0 Å². The number of piperidine rings is 1. The number of nitrogens with one attached hydrogen (secondary N) is 1. The first-order valence-corrected chi connectivity index (χ1v) is 9.28. The van der Waals surface area contributed by atoms with Crippen LogP contribution in [0.1, 0.15) is 12.8 Å². The zero-order valence-corrected chi connectivity index (χ0v) is 14.7. The van der Waals surface area contributed by atoms with Crippen LogP contribution in [-0.4, -0.2) is 46.7 Å². The molecule has 0 bridgehead atoms. The number of benzene rings is 1. The maximum Gasteiger partial charge on any atom is 0.291 e. The maximum absolute atomic E-state index is 6.33. The van der Waals surface area contributed by atoms with Crippen molar-refractivity contribution >= 4 is 38.5 Å². The van der Waals surface area contributed by atoms with Gasteiger partial charge in [0.1, 0.15) is 11.4 Å². The van der Waals surface area contributed by atoms with Gasteiger partial charge in [0.15, 0.2) is 0 Å². The summed E-state index contributed by atoms with van der Waals surface area (Å²) in [5.74, 6) is 1.44. The SMILES string of the molecule is Brc1cccc2cnc(NC3=NC[C@@]4(CN5CCC56CC64)O3)cc12. The van der Waals surface area contributed by atoms with Gasteiger partial charge in [-0.25, -0.2) is 9.98 Å². The third kappa shape index (κ3) is 1.63. The Morgan fingerprint density at radius 1 is 1.38 bits per heavy atom. The second-order valence-corrected chi connectivity index (χ2v) is 8.33. The number of fused-ring (bicyclic) bond motifs is 2. The molecule has 0 amide bonds. The number of amidine groups is 1. The summed E-state index contributed by atoms with van der Waals surface area (Å²) in [6, 6.07) is 8.78. The lowest BCUT2D eigenvalue weighted by Gasteiger charge is -2.39. The molecule has 1 aromatic heterocycles. The van der Waals surface area contributed by atoms with Crippen LogP contribution >= 0.6 is 15.9 Å². The van der Waals surface area contributed by atoms with Crippen LogP contribution in [0.5, 0.6) is 0 Å². The van der Waals surface area contributed by atoms with E-state index in [2.05, 4.69) is 42.2 Å². The van der Waals surface area contributed by atoms with Crippen LogP contribution in [0.4, 0.5) is 5.82 Å². The fraction of sp³-hybridized carbons (Fsp3) is 0.444. The van der Waals surface area contributed by atoms with Crippen molar-refractivity contribution in [2.45, 2.75) is 24.0 Å². The highest BCUT2D eigenvalue weighted by molar-refractivity contribution is 9.10. The van der Waals surface area contributed by atoms with Crippen LogP contribution in [-0.2, 0) is 4.74 Å². The van der Waals surface area contributed by atoms with E-state index in [9.17, 15) is 0 Å². The number of hydrogen-bond donors (Lipinski definition) is 1. The van der Waals surface area contributed by atoms with Crippen LogP contribution in [0.25, 0.3) is 10.8 Å². The van der Waals surface area contributed by atoms with E-state index in [-0.39, 0.29) is 5.60 Å². The van der Waals surface area contributed by atoms with Crippen molar-refractivity contribution in [3.8, 4) is 0 Å². The minimum Gasteiger partial charge on any atom is -0.455 e. The Bertz CT molecular complexity index is 915. The van der Waals surface area contributed by atoms with Crippen LogP contribution < -0.4 is 5.32 Å². The maximum atomic E-state index is 6.33. The molecule has 6 rings (SSSR count). The molecular weight excluding hydrogens is 368 g/mol. The van der Waals surface area contributed by atoms with Crippen molar-refractivity contribution in [2.75, 3.05) is 25.0 Å². The second-order valence-electron chi connectivity index (χ2n) is 7.48. The number of rotatable bonds is 1. The molecule has 5 nitrogen and oxygen atoms in total. The summed E-state index contributed by atoms with van der Waals surface area (Å²) in [6.07, 6.45) is 4.51. The minimum atomic E-state index is -0.0870. The fourth-order valence-corrected chi connectivity index (χ4v) is 5.42. The molecule has 2 saturated heterocycles. The average molecular weight is 385 g/mol. The van der Waals surface area contributed by atoms with Crippen LogP contribution in [0.2, 0.25) is 0 Å². The number of halogens is 1. The lowest BCUT2D eigenvalue weighted by Crippen LogP contribution is -2.49. The summed E-state index contributed by atoms with van der Waals surface area (Å²) in [5.41, 5.74) is 0.396. The number of aliphatic imine (C=N–C) groups is 1. The molecule has 1 aromatic carbocycles. The van der Waals surface area contributed by atoms with Gasteiger partial charge in [0, 0.05) is 46.0 Å². The van der Waals surface area contributed by atoms with E-state index in [1.165, 1.54) is 19.4 Å². The molecule has 122 valence electrons. The summed E-state index contributed by atoms with van der Waals surface area (Å²) in [7, 11) is 0. The standard InChI is InChI=1S/C18H17BrN4O/c19-13-3-1-2-11-8-20-15(6-12(11)13)22-16-21-9-18(24-16)10-23-5-4-17(23)7-14(17)18/h1-3,6,8,14H,4-5,7,9-10H2,(H,20,21,22)/t14?,17?,18-/m0/s1. The Hall–Kier alpha value is -1.66. The van der Waals surface area contributed by atoms with Crippen molar-refractivity contribution in [1.82, 2.24) is 9.88 Å². The second kappa shape index (κ2) is 4.29. The van der Waals surface area contributed by atoms with Gasteiger partial charge < -0.3 is 4.74 Å². The smallest absolute Gasteiger partial charge is 0.291 e. The van der Waals surface area contributed by atoms with Crippen LogP contribution in [0.3, 0.4) is 0 Å².